The summed E-state index contributed by atoms with van der Waals surface area (Å²) in [6.45, 7) is -2.26. The Balaban J connectivity index is 2.24. The monoisotopic (exact) mass is 418 g/mol. The standard InChI is InChI=1S/C14H23ClO12/c15-1-7(18)24-4-14(12(23)9(20)6(3-17)26-14)27-13-11(22)10(21)8(19)5(2-16)25-13/h5-6,8-13,16-17,19-23H,1-4H2/t5-,6-,8-,9-,10+,11-,12+,13-,14+/m1/s1. The van der Waals surface area contributed by atoms with Gasteiger partial charge in [-0.1, -0.05) is 0 Å². The van der Waals surface area contributed by atoms with Crippen LogP contribution in [0.15, 0.2) is 0 Å². The maximum Gasteiger partial charge on any atom is 0.321 e. The van der Waals surface area contributed by atoms with Crippen LogP contribution in [0.1, 0.15) is 0 Å². The first-order valence-electron chi connectivity index (χ1n) is 8.05. The minimum atomic E-state index is -2.29. The Morgan fingerprint density at radius 1 is 0.963 bits per heavy atom. The zero-order valence-corrected chi connectivity index (χ0v) is 14.8. The van der Waals surface area contributed by atoms with Crippen molar-refractivity contribution < 1.29 is 59.5 Å². The molecule has 2 rings (SSSR count). The van der Waals surface area contributed by atoms with Crippen LogP contribution in [0.4, 0.5) is 0 Å². The average molecular weight is 419 g/mol. The van der Waals surface area contributed by atoms with E-state index in [0.717, 1.165) is 0 Å². The minimum absolute atomic E-state index is 0.530. The van der Waals surface area contributed by atoms with Crippen molar-refractivity contribution >= 4 is 17.6 Å². The van der Waals surface area contributed by atoms with Crippen molar-refractivity contribution in [2.24, 2.45) is 0 Å². The fourth-order valence-corrected chi connectivity index (χ4v) is 2.91. The fraction of sp³-hybridized carbons (Fsp3) is 0.929. The zero-order valence-electron chi connectivity index (χ0n) is 14.0. The average Bonchev–Trinajstić information content (AvgIpc) is 2.91. The van der Waals surface area contributed by atoms with Gasteiger partial charge in [0.25, 0.3) is 0 Å². The van der Waals surface area contributed by atoms with Gasteiger partial charge in [0.2, 0.25) is 5.79 Å². The van der Waals surface area contributed by atoms with Crippen LogP contribution in [0.5, 0.6) is 0 Å². The third-order valence-electron chi connectivity index (χ3n) is 4.39. The number of esters is 1. The summed E-state index contributed by atoms with van der Waals surface area (Å²) in [5, 5.41) is 68.5. The van der Waals surface area contributed by atoms with Gasteiger partial charge in [0.05, 0.1) is 13.2 Å². The van der Waals surface area contributed by atoms with Gasteiger partial charge >= 0.3 is 5.97 Å². The van der Waals surface area contributed by atoms with Crippen molar-refractivity contribution in [2.45, 2.75) is 54.8 Å². The fourth-order valence-electron chi connectivity index (χ4n) is 2.84. The molecule has 0 radical (unpaired) electrons. The van der Waals surface area contributed by atoms with Gasteiger partial charge in [-0.15, -0.1) is 11.6 Å². The molecule has 2 aliphatic heterocycles. The van der Waals surface area contributed by atoms with Crippen LogP contribution in [-0.2, 0) is 23.7 Å². The molecule has 12 nitrogen and oxygen atoms in total. The first-order valence-corrected chi connectivity index (χ1v) is 8.59. The van der Waals surface area contributed by atoms with Gasteiger partial charge in [-0.05, 0) is 0 Å². The van der Waals surface area contributed by atoms with E-state index in [9.17, 15) is 40.5 Å². The Morgan fingerprint density at radius 2 is 1.59 bits per heavy atom. The van der Waals surface area contributed by atoms with E-state index in [2.05, 4.69) is 0 Å². The third kappa shape index (κ3) is 4.52. The van der Waals surface area contributed by atoms with Crippen LogP contribution in [-0.4, -0.2) is 122 Å². The number of hydrogen-bond donors (Lipinski definition) is 7. The third-order valence-corrected chi connectivity index (χ3v) is 4.61. The zero-order chi connectivity index (χ0) is 20.4. The minimum Gasteiger partial charge on any atom is -0.459 e. The summed E-state index contributed by atoms with van der Waals surface area (Å²) in [6, 6.07) is 0. The molecule has 0 bridgehead atoms. The molecular formula is C14H23ClO12. The van der Waals surface area contributed by atoms with Crippen molar-refractivity contribution in [1.82, 2.24) is 0 Å². The lowest BCUT2D eigenvalue weighted by Crippen LogP contribution is -2.62. The summed E-state index contributed by atoms with van der Waals surface area (Å²) in [6.07, 6.45) is -13.2. The lowest BCUT2D eigenvalue weighted by Gasteiger charge is -2.43. The first kappa shape index (κ1) is 22.6. The van der Waals surface area contributed by atoms with E-state index in [0.29, 0.717) is 0 Å². The van der Waals surface area contributed by atoms with Crippen molar-refractivity contribution in [3.05, 3.63) is 0 Å². The highest BCUT2D eigenvalue weighted by Gasteiger charge is 2.59. The van der Waals surface area contributed by atoms with Gasteiger partial charge in [-0.2, -0.15) is 0 Å². The molecule has 0 aromatic carbocycles. The Morgan fingerprint density at radius 3 is 2.11 bits per heavy atom. The number of halogens is 1. The first-order chi connectivity index (χ1) is 12.7. The van der Waals surface area contributed by atoms with Crippen molar-refractivity contribution in [1.29, 1.82) is 0 Å². The van der Waals surface area contributed by atoms with E-state index in [1.54, 1.807) is 0 Å². The van der Waals surface area contributed by atoms with E-state index in [4.69, 9.17) is 30.5 Å². The summed E-state index contributed by atoms with van der Waals surface area (Å²) in [7, 11) is 0. The maximum atomic E-state index is 11.4. The summed E-state index contributed by atoms with van der Waals surface area (Å²) in [4.78, 5) is 11.4. The number of ether oxygens (including phenoxy) is 4. The van der Waals surface area contributed by atoms with Gasteiger partial charge in [-0.25, -0.2) is 0 Å². The summed E-state index contributed by atoms with van der Waals surface area (Å²) in [5.74, 6) is -3.73. The topological polar surface area (TPSA) is 196 Å². The molecule has 13 heteroatoms. The number of aliphatic hydroxyl groups excluding tert-OH is 7. The number of rotatable bonds is 7. The molecular weight excluding hydrogens is 396 g/mol. The highest BCUT2D eigenvalue weighted by molar-refractivity contribution is 6.26. The SMILES string of the molecule is O=C(CCl)OC[C@@]1(O[C@H]2O[C@H](CO)[C@@H](O)[C@H](O)[C@H]2O)O[C@H](CO)[C@@H](O)[C@@H]1O. The predicted octanol–water partition coefficient (Wildman–Crippen LogP) is -4.61. The lowest BCUT2D eigenvalue weighted by atomic mass is 9.99. The summed E-state index contributed by atoms with van der Waals surface area (Å²) >= 11 is 5.33. The van der Waals surface area contributed by atoms with Crippen LogP contribution in [0.25, 0.3) is 0 Å². The van der Waals surface area contributed by atoms with Gasteiger partial charge in [-0.3, -0.25) is 4.79 Å². The molecule has 0 saturated carbocycles. The van der Waals surface area contributed by atoms with Crippen LogP contribution in [0.2, 0.25) is 0 Å². The maximum absolute atomic E-state index is 11.4. The molecule has 0 aromatic heterocycles. The molecule has 2 fully saturated rings. The molecule has 9 atom stereocenters. The Bertz CT molecular complexity index is 506. The molecule has 0 amide bonds. The number of hydrogen-bond acceptors (Lipinski definition) is 12. The molecule has 27 heavy (non-hydrogen) atoms. The van der Waals surface area contributed by atoms with Crippen LogP contribution in [0.3, 0.4) is 0 Å². The number of aliphatic hydroxyl groups is 7. The molecule has 0 aliphatic carbocycles. The summed E-state index contributed by atoms with van der Waals surface area (Å²) in [5.41, 5.74) is 0. The second-order valence-electron chi connectivity index (χ2n) is 6.20. The second kappa shape index (κ2) is 9.24. The lowest BCUT2D eigenvalue weighted by molar-refractivity contribution is -0.383. The smallest absolute Gasteiger partial charge is 0.321 e. The molecule has 2 aliphatic rings. The molecule has 2 saturated heterocycles. The number of carbonyl (C=O) groups excluding carboxylic acids is 1. The Labute approximate surface area is 158 Å². The van der Waals surface area contributed by atoms with Gasteiger partial charge in [0.15, 0.2) is 6.29 Å². The van der Waals surface area contributed by atoms with Crippen LogP contribution < -0.4 is 0 Å². The van der Waals surface area contributed by atoms with Gasteiger partial charge < -0.3 is 54.7 Å². The van der Waals surface area contributed by atoms with E-state index < -0.39 is 86.5 Å². The molecule has 158 valence electrons. The highest BCUT2D eigenvalue weighted by atomic mass is 35.5. The normalized spacial score (nSPS) is 45.0. The molecule has 0 unspecified atom stereocenters. The van der Waals surface area contributed by atoms with Crippen LogP contribution in [0, 0.1) is 0 Å². The molecule has 0 spiro atoms. The van der Waals surface area contributed by atoms with Gasteiger partial charge in [0, 0.05) is 0 Å². The van der Waals surface area contributed by atoms with E-state index in [-0.39, 0.29) is 0 Å². The van der Waals surface area contributed by atoms with E-state index in [1.165, 1.54) is 0 Å². The predicted molar refractivity (Wildman–Crippen MR) is 83.2 cm³/mol. The van der Waals surface area contributed by atoms with Crippen molar-refractivity contribution in [3.8, 4) is 0 Å². The highest BCUT2D eigenvalue weighted by Crippen LogP contribution is 2.36. The van der Waals surface area contributed by atoms with Crippen molar-refractivity contribution in [2.75, 3.05) is 25.7 Å². The van der Waals surface area contributed by atoms with E-state index >= 15 is 0 Å². The Kier molecular flexibility index (Phi) is 7.75. The second-order valence-corrected chi connectivity index (χ2v) is 6.46. The number of carbonyl (C=O) groups is 1. The van der Waals surface area contributed by atoms with Crippen LogP contribution >= 0.6 is 11.6 Å². The number of alkyl halides is 1. The van der Waals surface area contributed by atoms with E-state index in [1.807, 2.05) is 0 Å². The Hall–Kier alpha value is -0.640. The molecule has 7 N–H and O–H groups in total. The largest absolute Gasteiger partial charge is 0.459 e. The molecule has 2 heterocycles. The quantitative estimate of drug-likeness (QED) is 0.154. The van der Waals surface area contributed by atoms with Gasteiger partial charge in [0.1, 0.15) is 55.2 Å². The molecule has 0 aromatic rings. The summed E-state index contributed by atoms with van der Waals surface area (Å²) < 4.78 is 20.7. The van der Waals surface area contributed by atoms with Crippen molar-refractivity contribution in [3.63, 3.8) is 0 Å².